The van der Waals surface area contributed by atoms with Crippen LogP contribution >= 0.6 is 50.5 Å². The third-order valence-corrected chi connectivity index (χ3v) is 7.36. The summed E-state index contributed by atoms with van der Waals surface area (Å²) in [5, 5.41) is 0. The molecule has 2 aromatic rings. The van der Waals surface area contributed by atoms with E-state index in [2.05, 4.69) is 62.4 Å². The summed E-state index contributed by atoms with van der Waals surface area (Å²) in [4.78, 5) is 0. The zero-order valence-electron chi connectivity index (χ0n) is 14.6. The molecule has 0 saturated heterocycles. The van der Waals surface area contributed by atoms with E-state index in [-0.39, 0.29) is 0 Å². The summed E-state index contributed by atoms with van der Waals surface area (Å²) in [6, 6.07) is 17.0. The molecule has 0 radical (unpaired) electrons. The van der Waals surface area contributed by atoms with E-state index in [0.29, 0.717) is 0 Å². The molecule has 0 aliphatic heterocycles. The summed E-state index contributed by atoms with van der Waals surface area (Å²) in [5.74, 6) is 0. The molecule has 0 atom stereocenters. The molecule has 0 unspecified atom stereocenters. The van der Waals surface area contributed by atoms with E-state index in [1.165, 1.54) is 25.6 Å². The Morgan fingerprint density at radius 2 is 0.960 bits per heavy atom. The van der Waals surface area contributed by atoms with Crippen molar-refractivity contribution < 1.29 is 14.4 Å². The Balaban J connectivity index is 2.16. The second-order valence-corrected chi connectivity index (χ2v) is 12.5. The molecule has 0 aliphatic rings. The quantitative estimate of drug-likeness (QED) is 0.201. The number of hydrogen-bond donors (Lipinski definition) is 4. The number of aryl methyl sites for hydroxylation is 2. The standard InChI is InChI=1S/2C10H13S2.Ni/c2*1-2-3-8-4-6-9(7-5-8)10(11)12;/h2*4-7,11-12H,2-3H2,1H3;. The van der Waals surface area contributed by atoms with Crippen LogP contribution in [0.1, 0.15) is 48.9 Å². The molecule has 2 rings (SSSR count). The molecule has 0 saturated carbocycles. The van der Waals surface area contributed by atoms with Crippen molar-refractivity contribution in [2.75, 3.05) is 0 Å². The van der Waals surface area contributed by atoms with Gasteiger partial charge in [0.2, 0.25) is 0 Å². The van der Waals surface area contributed by atoms with Gasteiger partial charge in [0.15, 0.2) is 0 Å². The van der Waals surface area contributed by atoms with Crippen LogP contribution in [0.25, 0.3) is 0 Å². The van der Waals surface area contributed by atoms with Crippen molar-refractivity contribution >= 4 is 50.5 Å². The molecular weight excluding hydrogens is 427 g/mol. The fourth-order valence-electron chi connectivity index (χ4n) is 2.57. The molecule has 0 amide bonds. The Morgan fingerprint density at radius 1 is 0.640 bits per heavy atom. The van der Waals surface area contributed by atoms with Crippen LogP contribution in [0, 0.1) is 0 Å². The molecular formula is C20H26NiS4. The molecule has 0 aromatic heterocycles. The zero-order valence-corrected chi connectivity index (χ0v) is 19.1. The first-order valence-electron chi connectivity index (χ1n) is 8.47. The monoisotopic (exact) mass is 452 g/mol. The zero-order chi connectivity index (χ0) is 18.5. The molecule has 0 nitrogen and oxygen atoms in total. The first-order valence-corrected chi connectivity index (χ1v) is 11.3. The van der Waals surface area contributed by atoms with Gasteiger partial charge in [-0.15, -0.1) is 0 Å². The molecule has 0 bridgehead atoms. The number of hydrogen-bond acceptors (Lipinski definition) is 4. The number of thiol groups is 4. The first kappa shape index (κ1) is 21.6. The van der Waals surface area contributed by atoms with E-state index in [1.807, 2.05) is 0 Å². The predicted octanol–water partition coefficient (Wildman–Crippen LogP) is 6.31. The van der Waals surface area contributed by atoms with Gasteiger partial charge in [-0.1, -0.05) is 0 Å². The summed E-state index contributed by atoms with van der Waals surface area (Å²) in [6.07, 6.45) is 4.47. The van der Waals surface area contributed by atoms with E-state index < -0.39 is 6.10 Å². The van der Waals surface area contributed by atoms with Gasteiger partial charge in [0.25, 0.3) is 0 Å². The first-order chi connectivity index (χ1) is 11.8. The second-order valence-electron chi connectivity index (χ2n) is 6.06. The van der Waals surface area contributed by atoms with Crippen LogP contribution in [0.3, 0.4) is 0 Å². The second kappa shape index (κ2) is 9.51. The number of rotatable bonds is 8. The normalized spacial score (nSPS) is 12.6. The Morgan fingerprint density at radius 3 is 1.24 bits per heavy atom. The fraction of sp³-hybridized carbons (Fsp3) is 0.400. The Labute approximate surface area is 180 Å². The average molecular weight is 453 g/mol. The van der Waals surface area contributed by atoms with Gasteiger partial charge in [-0.05, 0) is 0 Å². The fourth-order valence-corrected chi connectivity index (χ4v) is 6.93. The Hall–Kier alpha value is 0.334. The van der Waals surface area contributed by atoms with Crippen LogP contribution < -0.4 is 0 Å². The van der Waals surface area contributed by atoms with E-state index in [9.17, 15) is 0 Å². The van der Waals surface area contributed by atoms with Gasteiger partial charge in [-0.25, -0.2) is 0 Å². The minimum absolute atomic E-state index is 0.663. The van der Waals surface area contributed by atoms with Crippen LogP contribution in [0.4, 0.5) is 0 Å². The topological polar surface area (TPSA) is 0 Å². The summed E-state index contributed by atoms with van der Waals surface area (Å²) in [5.41, 5.74) is 4.78. The van der Waals surface area contributed by atoms with Crippen molar-refractivity contribution in [1.29, 1.82) is 0 Å². The van der Waals surface area contributed by atoms with Crippen LogP contribution in [0.2, 0.25) is 0 Å². The predicted molar refractivity (Wildman–Crippen MR) is 120 cm³/mol. The summed E-state index contributed by atoms with van der Waals surface area (Å²) < 4.78 is -1.33. The molecule has 2 aromatic carbocycles. The molecule has 0 aliphatic carbocycles. The van der Waals surface area contributed by atoms with Gasteiger partial charge in [-0.3, -0.25) is 0 Å². The van der Waals surface area contributed by atoms with Crippen molar-refractivity contribution in [3.05, 3.63) is 70.8 Å². The molecule has 0 heterocycles. The molecule has 0 spiro atoms. The van der Waals surface area contributed by atoms with Gasteiger partial charge >= 0.3 is 181 Å². The molecule has 5 heteroatoms. The van der Waals surface area contributed by atoms with Crippen molar-refractivity contribution in [3.63, 3.8) is 0 Å². The number of benzene rings is 2. The maximum atomic E-state index is 4.80. The van der Waals surface area contributed by atoms with Gasteiger partial charge < -0.3 is 0 Å². The Bertz CT molecular complexity index is 604. The molecule has 25 heavy (non-hydrogen) atoms. The van der Waals surface area contributed by atoms with Gasteiger partial charge in [0.05, 0.1) is 0 Å². The Kier molecular flexibility index (Phi) is 8.22. The molecule has 0 N–H and O–H groups in total. The summed E-state index contributed by atoms with van der Waals surface area (Å²) in [7, 11) is 0. The maximum absolute atomic E-state index is 4.80. The minimum atomic E-state index is -0.663. The van der Waals surface area contributed by atoms with Crippen molar-refractivity contribution in [2.45, 2.75) is 45.6 Å². The van der Waals surface area contributed by atoms with Gasteiger partial charge in [0, 0.05) is 0 Å². The third-order valence-electron chi connectivity index (χ3n) is 3.90. The van der Waals surface area contributed by atoms with Crippen LogP contribution in [0.5, 0.6) is 0 Å². The van der Waals surface area contributed by atoms with Crippen LogP contribution in [-0.4, -0.2) is 0 Å². The summed E-state index contributed by atoms with van der Waals surface area (Å²) in [6.45, 7) is 4.38. The molecule has 0 fully saturated rings. The third kappa shape index (κ3) is 6.18. The SMILES string of the molecule is CCCc1ccc([C](S)(S)[Ni][C](S)(S)c2ccc(CCC)cc2)cc1. The van der Waals surface area contributed by atoms with E-state index in [4.69, 9.17) is 50.5 Å². The van der Waals surface area contributed by atoms with E-state index >= 15 is 0 Å². The van der Waals surface area contributed by atoms with Crippen molar-refractivity contribution in [3.8, 4) is 0 Å². The average Bonchev–Trinajstić information content (AvgIpc) is 2.55. The van der Waals surface area contributed by atoms with Crippen molar-refractivity contribution in [1.82, 2.24) is 0 Å². The summed E-state index contributed by atoms with van der Waals surface area (Å²) >= 11 is 20.5. The van der Waals surface area contributed by atoms with Gasteiger partial charge in [0.1, 0.15) is 0 Å². The van der Waals surface area contributed by atoms with Gasteiger partial charge in [-0.2, -0.15) is 0 Å². The van der Waals surface area contributed by atoms with E-state index in [0.717, 1.165) is 36.8 Å². The molecule has 140 valence electrons. The van der Waals surface area contributed by atoms with E-state index in [1.54, 1.807) is 0 Å². The van der Waals surface area contributed by atoms with Crippen LogP contribution in [-0.2, 0) is 33.4 Å². The van der Waals surface area contributed by atoms with Crippen LogP contribution in [0.15, 0.2) is 48.5 Å². The van der Waals surface area contributed by atoms with Crippen molar-refractivity contribution in [2.24, 2.45) is 0 Å².